The zero-order valence-electron chi connectivity index (χ0n) is 14.3. The maximum Gasteiger partial charge on any atom is 0.573 e. The van der Waals surface area contributed by atoms with Gasteiger partial charge in [0.2, 0.25) is 0 Å². The highest BCUT2D eigenvalue weighted by Crippen LogP contribution is 2.27. The van der Waals surface area contributed by atoms with Crippen molar-refractivity contribution < 1.29 is 32.3 Å². The molecular weight excluding hydrogens is 351 g/mol. The van der Waals surface area contributed by atoms with E-state index in [-0.39, 0.29) is 17.4 Å². The fourth-order valence-corrected chi connectivity index (χ4v) is 2.22. The summed E-state index contributed by atoms with van der Waals surface area (Å²) in [5, 5.41) is 3.68. The summed E-state index contributed by atoms with van der Waals surface area (Å²) in [5.41, 5.74) is 0.796. The largest absolute Gasteiger partial charge is 0.573 e. The molecule has 1 aliphatic carbocycles. The summed E-state index contributed by atoms with van der Waals surface area (Å²) >= 11 is 0. The molecule has 1 aromatic carbocycles. The Balaban J connectivity index is 2.25. The molecule has 0 spiro atoms. The Kier molecular flexibility index (Phi) is 5.64. The average Bonchev–Trinajstić information content (AvgIpc) is 2.52. The Morgan fingerprint density at radius 2 is 1.81 bits per heavy atom. The number of halogens is 3. The van der Waals surface area contributed by atoms with Crippen molar-refractivity contribution in [2.45, 2.75) is 27.1 Å². The molecule has 0 aromatic heterocycles. The Bertz CT molecular complexity index is 820. The van der Waals surface area contributed by atoms with Crippen molar-refractivity contribution in [1.82, 2.24) is 0 Å². The van der Waals surface area contributed by atoms with Gasteiger partial charge < -0.3 is 9.57 Å². The van der Waals surface area contributed by atoms with Gasteiger partial charge in [0.05, 0.1) is 0 Å². The molecule has 0 heterocycles. The van der Waals surface area contributed by atoms with Gasteiger partial charge in [0.15, 0.2) is 5.78 Å². The maximum atomic E-state index is 12.4. The van der Waals surface area contributed by atoms with Crippen LogP contribution in [0.4, 0.5) is 13.2 Å². The van der Waals surface area contributed by atoms with Crippen molar-refractivity contribution in [3.05, 3.63) is 53.1 Å². The fraction of sp³-hybridized carbons (Fsp3) is 0.278. The van der Waals surface area contributed by atoms with Crippen LogP contribution in [0.15, 0.2) is 52.7 Å². The molecule has 0 amide bonds. The second-order valence-corrected chi connectivity index (χ2v) is 5.85. The van der Waals surface area contributed by atoms with Crippen LogP contribution < -0.4 is 4.74 Å². The summed E-state index contributed by atoms with van der Waals surface area (Å²) in [5.74, 6) is -2.02. The molecule has 26 heavy (non-hydrogen) atoms. The zero-order valence-corrected chi connectivity index (χ0v) is 14.3. The first kappa shape index (κ1) is 19.4. The Labute approximate surface area is 147 Å². The quantitative estimate of drug-likeness (QED) is 0.454. The number of hydrogen-bond acceptors (Lipinski definition) is 5. The van der Waals surface area contributed by atoms with Gasteiger partial charge in [0.25, 0.3) is 0 Å². The van der Waals surface area contributed by atoms with Crippen LogP contribution in [0.5, 0.6) is 5.75 Å². The lowest BCUT2D eigenvalue weighted by atomic mass is 9.90. The van der Waals surface area contributed by atoms with Crippen LogP contribution in [0, 0.1) is 5.92 Å². The van der Waals surface area contributed by atoms with Gasteiger partial charge in [-0.25, -0.2) is 4.79 Å². The SMILES string of the molecule is CC1=CC(=O)C(C(C)C)=C/C1=N/OC(=O)c1ccccc1OC(F)(F)F. The number of benzene rings is 1. The molecule has 0 unspecified atom stereocenters. The summed E-state index contributed by atoms with van der Waals surface area (Å²) in [6.07, 6.45) is -2.09. The second-order valence-electron chi connectivity index (χ2n) is 5.85. The molecule has 0 saturated heterocycles. The number of carbonyl (C=O) groups excluding carboxylic acids is 2. The van der Waals surface area contributed by atoms with Gasteiger partial charge in [0.1, 0.15) is 17.0 Å². The van der Waals surface area contributed by atoms with Crippen LogP contribution in [0.1, 0.15) is 31.1 Å². The van der Waals surface area contributed by atoms with E-state index < -0.39 is 23.6 Å². The molecule has 0 radical (unpaired) electrons. The summed E-state index contributed by atoms with van der Waals surface area (Å²) in [7, 11) is 0. The topological polar surface area (TPSA) is 65.0 Å². The molecule has 138 valence electrons. The standard InChI is InChI=1S/C18H16F3NO4/c1-10(2)13-9-14(11(3)8-15(13)23)22-26-17(24)12-6-4-5-7-16(12)25-18(19,20)21/h4-10H,1-3H3/b22-14-. The molecule has 0 fully saturated rings. The van der Waals surface area contributed by atoms with E-state index >= 15 is 0 Å². The molecule has 2 rings (SSSR count). The van der Waals surface area contributed by atoms with Crippen molar-refractivity contribution in [3.63, 3.8) is 0 Å². The number of rotatable bonds is 4. The van der Waals surface area contributed by atoms with E-state index in [0.717, 1.165) is 12.1 Å². The van der Waals surface area contributed by atoms with Gasteiger partial charge in [-0.3, -0.25) is 4.79 Å². The van der Waals surface area contributed by atoms with Crippen LogP contribution in [0.25, 0.3) is 0 Å². The molecule has 0 bridgehead atoms. The normalized spacial score (nSPS) is 16.4. The predicted molar refractivity (Wildman–Crippen MR) is 87.7 cm³/mol. The third-order valence-corrected chi connectivity index (χ3v) is 3.51. The summed E-state index contributed by atoms with van der Waals surface area (Å²) < 4.78 is 41.1. The van der Waals surface area contributed by atoms with E-state index in [9.17, 15) is 22.8 Å². The molecular formula is C18H16F3NO4. The smallest absolute Gasteiger partial charge is 0.405 e. The lowest BCUT2D eigenvalue weighted by Crippen LogP contribution is -2.19. The van der Waals surface area contributed by atoms with E-state index in [1.165, 1.54) is 24.3 Å². The minimum absolute atomic E-state index is 0.0614. The third kappa shape index (κ3) is 4.81. The number of alkyl halides is 3. The summed E-state index contributed by atoms with van der Waals surface area (Å²) in [4.78, 5) is 28.8. The van der Waals surface area contributed by atoms with Gasteiger partial charge >= 0.3 is 12.3 Å². The van der Waals surface area contributed by atoms with Gasteiger partial charge in [-0.2, -0.15) is 0 Å². The van der Waals surface area contributed by atoms with E-state index in [2.05, 4.69) is 9.89 Å². The van der Waals surface area contributed by atoms with Crippen LogP contribution in [-0.4, -0.2) is 23.8 Å². The lowest BCUT2D eigenvalue weighted by molar-refractivity contribution is -0.274. The van der Waals surface area contributed by atoms with Crippen LogP contribution >= 0.6 is 0 Å². The lowest BCUT2D eigenvalue weighted by Gasteiger charge is -2.15. The van der Waals surface area contributed by atoms with Crippen molar-refractivity contribution in [3.8, 4) is 5.75 Å². The molecule has 0 atom stereocenters. The highest BCUT2D eigenvalue weighted by Gasteiger charge is 2.33. The van der Waals surface area contributed by atoms with E-state index in [0.29, 0.717) is 11.1 Å². The number of ketones is 1. The second kappa shape index (κ2) is 7.55. The average molecular weight is 367 g/mol. The van der Waals surface area contributed by atoms with Gasteiger partial charge in [-0.05, 0) is 42.7 Å². The summed E-state index contributed by atoms with van der Waals surface area (Å²) in [6, 6.07) is 4.79. The van der Waals surface area contributed by atoms with E-state index in [1.807, 2.05) is 13.8 Å². The first-order valence-electron chi connectivity index (χ1n) is 7.67. The number of carbonyl (C=O) groups is 2. The Morgan fingerprint density at radius 1 is 1.15 bits per heavy atom. The Morgan fingerprint density at radius 3 is 2.42 bits per heavy atom. The van der Waals surface area contributed by atoms with Crippen molar-refractivity contribution in [2.75, 3.05) is 0 Å². The predicted octanol–water partition coefficient (Wildman–Crippen LogP) is 4.21. The van der Waals surface area contributed by atoms with Gasteiger partial charge in [-0.1, -0.05) is 31.1 Å². The number of oxime groups is 1. The molecule has 5 nitrogen and oxygen atoms in total. The molecule has 0 saturated carbocycles. The summed E-state index contributed by atoms with van der Waals surface area (Å²) in [6.45, 7) is 5.26. The molecule has 1 aromatic rings. The van der Waals surface area contributed by atoms with Crippen molar-refractivity contribution in [1.29, 1.82) is 0 Å². The molecule has 8 heteroatoms. The van der Waals surface area contributed by atoms with Crippen molar-refractivity contribution in [2.24, 2.45) is 11.1 Å². The highest BCUT2D eigenvalue weighted by molar-refractivity contribution is 6.21. The minimum atomic E-state index is -4.94. The monoisotopic (exact) mass is 367 g/mol. The van der Waals surface area contributed by atoms with Gasteiger partial charge in [0, 0.05) is 5.57 Å². The Hall–Kier alpha value is -2.90. The van der Waals surface area contributed by atoms with Crippen molar-refractivity contribution >= 4 is 17.5 Å². The van der Waals surface area contributed by atoms with Crippen LogP contribution in [-0.2, 0) is 9.63 Å². The molecule has 0 aliphatic heterocycles. The number of hydrogen-bond donors (Lipinski definition) is 0. The number of nitrogens with zero attached hydrogens (tertiary/aromatic N) is 1. The van der Waals surface area contributed by atoms with Gasteiger partial charge in [-0.15, -0.1) is 13.2 Å². The fourth-order valence-electron chi connectivity index (χ4n) is 2.22. The number of ether oxygens (including phenoxy) is 1. The van der Waals surface area contributed by atoms with E-state index in [4.69, 9.17) is 4.84 Å². The van der Waals surface area contributed by atoms with Crippen LogP contribution in [0.2, 0.25) is 0 Å². The molecule has 0 N–H and O–H groups in total. The highest BCUT2D eigenvalue weighted by atomic mass is 19.4. The maximum absolute atomic E-state index is 12.4. The first-order valence-corrected chi connectivity index (χ1v) is 7.67. The van der Waals surface area contributed by atoms with E-state index in [1.54, 1.807) is 6.92 Å². The first-order chi connectivity index (χ1) is 12.1. The number of para-hydroxylation sites is 1. The van der Waals surface area contributed by atoms with Crippen LogP contribution in [0.3, 0.4) is 0 Å². The number of allylic oxidation sites excluding steroid dienone is 4. The molecule has 1 aliphatic rings. The minimum Gasteiger partial charge on any atom is -0.405 e. The zero-order chi connectivity index (χ0) is 19.5. The third-order valence-electron chi connectivity index (χ3n) is 3.51.